The molecular weight excluding hydrogens is 659 g/mol. The number of aromatic nitrogens is 4. The van der Waals surface area contributed by atoms with E-state index in [1.807, 2.05) is 60.7 Å². The molecule has 1 aliphatic heterocycles. The zero-order valence-corrected chi connectivity index (χ0v) is 28.7. The van der Waals surface area contributed by atoms with Crippen molar-refractivity contribution in [2.24, 2.45) is 0 Å². The minimum atomic E-state index is -0.437. The molecule has 0 N–H and O–H groups in total. The molecule has 8 aromatic carbocycles. The van der Waals surface area contributed by atoms with Gasteiger partial charge < -0.3 is 4.57 Å². The van der Waals surface area contributed by atoms with Gasteiger partial charge in [0.2, 0.25) is 5.95 Å². The van der Waals surface area contributed by atoms with Gasteiger partial charge in [0.25, 0.3) is 0 Å². The first-order valence-electron chi connectivity index (χ1n) is 20.3. The summed E-state index contributed by atoms with van der Waals surface area (Å²) in [6.45, 7) is 0. The number of hydrogen-bond acceptors (Lipinski definition) is 4. The van der Waals surface area contributed by atoms with Crippen molar-refractivity contribution in [2.45, 2.75) is 0 Å². The molecule has 0 spiro atoms. The molecule has 54 heavy (non-hydrogen) atoms. The second kappa shape index (κ2) is 12.1. The van der Waals surface area contributed by atoms with Gasteiger partial charge in [-0.2, -0.15) is 9.97 Å². The Balaban J connectivity index is 1.21. The Labute approximate surface area is 319 Å². The lowest BCUT2D eigenvalue weighted by molar-refractivity contribution is 1.02. The van der Waals surface area contributed by atoms with Crippen LogP contribution in [0.25, 0.3) is 83.3 Å². The summed E-state index contributed by atoms with van der Waals surface area (Å²) in [6.07, 6.45) is 0. The fraction of sp³-hybridized carbons (Fsp3) is 0. The van der Waals surface area contributed by atoms with Crippen LogP contribution in [0.2, 0.25) is 0 Å². The summed E-state index contributed by atoms with van der Waals surface area (Å²) in [7, 11) is 0. The number of para-hydroxylation sites is 3. The quantitative estimate of drug-likeness (QED) is 0.180. The third kappa shape index (κ3) is 4.69. The van der Waals surface area contributed by atoms with Crippen molar-refractivity contribution in [3.8, 4) is 50.7 Å². The Morgan fingerprint density at radius 1 is 0.444 bits per heavy atom. The van der Waals surface area contributed by atoms with E-state index in [-0.39, 0.29) is 17.6 Å². The van der Waals surface area contributed by atoms with E-state index in [9.17, 15) is 0 Å². The molecule has 5 heteroatoms. The monoisotopic (exact) mass is 694 g/mol. The number of fused-ring (bicyclic) bond motifs is 5. The van der Waals surface area contributed by atoms with Gasteiger partial charge in [0.15, 0.2) is 11.6 Å². The number of benzene rings is 8. The zero-order chi connectivity index (χ0) is 39.9. The van der Waals surface area contributed by atoms with Crippen LogP contribution in [0.4, 0.5) is 17.3 Å². The lowest BCUT2D eigenvalue weighted by Gasteiger charge is -2.32. The summed E-state index contributed by atoms with van der Waals surface area (Å²) in [5, 5.41) is 4.23. The summed E-state index contributed by atoms with van der Waals surface area (Å²) in [5.74, 6) is 1.24. The molecule has 3 heterocycles. The van der Waals surface area contributed by atoms with Crippen LogP contribution < -0.4 is 4.90 Å². The molecule has 2 aromatic heterocycles. The molecule has 0 fully saturated rings. The highest BCUT2D eigenvalue weighted by Gasteiger charge is 2.29. The van der Waals surface area contributed by atoms with E-state index in [1.54, 1.807) is 18.2 Å². The summed E-state index contributed by atoms with van der Waals surface area (Å²) < 4.78 is 44.6. The maximum atomic E-state index is 8.73. The second-order valence-corrected chi connectivity index (χ2v) is 13.3. The van der Waals surface area contributed by atoms with Crippen LogP contribution in [0.3, 0.4) is 0 Å². The Morgan fingerprint density at radius 2 is 1.11 bits per heavy atom. The minimum Gasteiger partial charge on any atom is -0.309 e. The summed E-state index contributed by atoms with van der Waals surface area (Å²) in [5.41, 5.74) is 9.12. The third-order valence-electron chi connectivity index (χ3n) is 10.2. The normalized spacial score (nSPS) is 13.3. The SMILES string of the molecule is [2H]c1c([2H])c([2H])c(-c2cccc(-c3nc(-c4cccc5c4c4ccccc4n5-c4ccccc4)nc(N4c5ccccc5-c5cccc6cccc4c56)n3)c2)c([2H])c1[2H]. The van der Waals surface area contributed by atoms with Crippen LogP contribution in [-0.2, 0) is 0 Å². The van der Waals surface area contributed by atoms with Crippen LogP contribution in [-0.4, -0.2) is 19.5 Å². The van der Waals surface area contributed by atoms with Crippen molar-refractivity contribution < 1.29 is 6.85 Å². The molecule has 0 saturated heterocycles. The molecule has 0 amide bonds. The van der Waals surface area contributed by atoms with Crippen molar-refractivity contribution in [2.75, 3.05) is 4.90 Å². The lowest BCUT2D eigenvalue weighted by atomic mass is 9.91. The summed E-state index contributed by atoms with van der Waals surface area (Å²) in [4.78, 5) is 17.9. The van der Waals surface area contributed by atoms with E-state index in [1.165, 1.54) is 0 Å². The molecule has 5 nitrogen and oxygen atoms in total. The van der Waals surface area contributed by atoms with Crippen molar-refractivity contribution in [1.82, 2.24) is 19.5 Å². The Morgan fingerprint density at radius 3 is 2.02 bits per heavy atom. The molecule has 0 saturated carbocycles. The zero-order valence-electron chi connectivity index (χ0n) is 33.7. The van der Waals surface area contributed by atoms with Gasteiger partial charge in [-0.3, -0.25) is 4.90 Å². The molecule has 0 radical (unpaired) electrons. The second-order valence-electron chi connectivity index (χ2n) is 13.3. The lowest BCUT2D eigenvalue weighted by Crippen LogP contribution is -2.18. The predicted molar refractivity (Wildman–Crippen MR) is 222 cm³/mol. The van der Waals surface area contributed by atoms with Crippen molar-refractivity contribution >= 4 is 49.9 Å². The molecule has 0 aliphatic carbocycles. The van der Waals surface area contributed by atoms with Gasteiger partial charge in [-0.05, 0) is 64.5 Å². The number of hydrogen-bond donors (Lipinski definition) is 0. The van der Waals surface area contributed by atoms with Gasteiger partial charge in [-0.15, -0.1) is 0 Å². The van der Waals surface area contributed by atoms with Gasteiger partial charge in [0.05, 0.1) is 29.3 Å². The molecule has 10 aromatic rings. The van der Waals surface area contributed by atoms with Crippen molar-refractivity contribution in [3.05, 3.63) is 188 Å². The first kappa shape index (κ1) is 25.6. The highest BCUT2D eigenvalue weighted by Crippen LogP contribution is 2.50. The topological polar surface area (TPSA) is 46.8 Å². The fourth-order valence-corrected chi connectivity index (χ4v) is 7.96. The van der Waals surface area contributed by atoms with E-state index in [0.29, 0.717) is 28.7 Å². The van der Waals surface area contributed by atoms with Gasteiger partial charge in [-0.1, -0.05) is 145 Å². The largest absolute Gasteiger partial charge is 0.309 e. The average molecular weight is 695 g/mol. The van der Waals surface area contributed by atoms with Gasteiger partial charge in [0, 0.05) is 38.5 Å². The third-order valence-corrected chi connectivity index (χ3v) is 10.2. The molecule has 0 unspecified atom stereocenters. The fourth-order valence-electron chi connectivity index (χ4n) is 7.96. The summed E-state index contributed by atoms with van der Waals surface area (Å²) in [6, 6.07) is 51.2. The minimum absolute atomic E-state index is 0.110. The number of nitrogens with zero attached hydrogens (tertiary/aromatic N) is 5. The van der Waals surface area contributed by atoms with Crippen LogP contribution in [0.15, 0.2) is 188 Å². The molecule has 252 valence electrons. The average Bonchev–Trinajstić information content (AvgIpc) is 3.63. The molecular formula is C49H31N5. The van der Waals surface area contributed by atoms with Crippen LogP contribution in [0.5, 0.6) is 0 Å². The van der Waals surface area contributed by atoms with Gasteiger partial charge >= 0.3 is 0 Å². The van der Waals surface area contributed by atoms with Crippen LogP contribution in [0.1, 0.15) is 6.85 Å². The van der Waals surface area contributed by atoms with Crippen LogP contribution >= 0.6 is 0 Å². The first-order valence-corrected chi connectivity index (χ1v) is 17.8. The Kier molecular flexibility index (Phi) is 5.73. The van der Waals surface area contributed by atoms with E-state index in [4.69, 9.17) is 21.8 Å². The first-order chi connectivity index (χ1) is 28.9. The maximum absolute atomic E-state index is 8.73. The van der Waals surface area contributed by atoms with Crippen molar-refractivity contribution in [3.63, 3.8) is 0 Å². The van der Waals surface area contributed by atoms with E-state index >= 15 is 0 Å². The highest BCUT2D eigenvalue weighted by atomic mass is 15.3. The van der Waals surface area contributed by atoms with Crippen LogP contribution in [0, 0.1) is 0 Å². The number of anilines is 3. The van der Waals surface area contributed by atoms with Gasteiger partial charge in [-0.25, -0.2) is 4.98 Å². The predicted octanol–water partition coefficient (Wildman–Crippen LogP) is 12.6. The highest BCUT2D eigenvalue weighted by molar-refractivity contribution is 6.16. The van der Waals surface area contributed by atoms with E-state index in [0.717, 1.165) is 66.3 Å². The Hall–Kier alpha value is -7.37. The van der Waals surface area contributed by atoms with Crippen molar-refractivity contribution in [1.29, 1.82) is 0 Å². The molecule has 11 rings (SSSR count). The number of rotatable bonds is 5. The maximum Gasteiger partial charge on any atom is 0.238 e. The smallest absolute Gasteiger partial charge is 0.238 e. The Bertz CT molecular complexity index is 3330. The van der Waals surface area contributed by atoms with E-state index in [2.05, 4.69) is 88.3 Å². The molecule has 0 bridgehead atoms. The van der Waals surface area contributed by atoms with Gasteiger partial charge in [0.1, 0.15) is 0 Å². The molecule has 1 aliphatic rings. The van der Waals surface area contributed by atoms with E-state index < -0.39 is 18.1 Å². The molecule has 0 atom stereocenters. The standard InChI is InChI=1S/C49H31N5/c1-3-15-32(16-4-1)34-19-11-20-35(31-34)47-50-48(40-26-14-30-44-46(40)39-24-8-10-28-42(39)53(44)36-21-5-2-6-22-36)52-49(51-47)54-41-27-9-7-23-37(41)38-25-12-17-33-18-13-29-43(54)45(33)38/h1-31H/i1D,3D,4D,15D,16D. The summed E-state index contributed by atoms with van der Waals surface area (Å²) >= 11 is 0.